The van der Waals surface area contributed by atoms with Gasteiger partial charge in [-0.15, -0.1) is 0 Å². The lowest BCUT2D eigenvalue weighted by Gasteiger charge is -2.48. The minimum atomic E-state index is -0.0782. The Kier molecular flexibility index (Phi) is 5.67. The molecule has 3 amide bonds. The number of nitrogens with zero attached hydrogens (tertiary/aromatic N) is 3. The van der Waals surface area contributed by atoms with Crippen LogP contribution in [-0.2, 0) is 4.79 Å². The molecule has 7 nitrogen and oxygen atoms in total. The van der Waals surface area contributed by atoms with Gasteiger partial charge in [0.1, 0.15) is 5.75 Å². The highest BCUT2D eigenvalue weighted by molar-refractivity contribution is 5.91. The fourth-order valence-corrected chi connectivity index (χ4v) is 5.08. The van der Waals surface area contributed by atoms with E-state index in [2.05, 4.69) is 22.2 Å². The van der Waals surface area contributed by atoms with Crippen molar-refractivity contribution in [2.45, 2.75) is 38.1 Å². The number of amides is 3. The van der Waals surface area contributed by atoms with Gasteiger partial charge in [-0.2, -0.15) is 0 Å². The van der Waals surface area contributed by atoms with Gasteiger partial charge in [-0.05, 0) is 56.8 Å². The lowest BCUT2D eigenvalue weighted by Crippen LogP contribution is -2.55. The minimum absolute atomic E-state index is 0.0782. The van der Waals surface area contributed by atoms with Crippen LogP contribution in [0, 0.1) is 5.41 Å². The first-order chi connectivity index (χ1) is 14.0. The summed E-state index contributed by atoms with van der Waals surface area (Å²) in [6, 6.07) is 7.75. The third-order valence-corrected chi connectivity index (χ3v) is 6.96. The lowest BCUT2D eigenvalue weighted by molar-refractivity contribution is -0.141. The summed E-state index contributed by atoms with van der Waals surface area (Å²) < 4.78 is 5.33. The predicted molar refractivity (Wildman–Crippen MR) is 112 cm³/mol. The number of anilines is 1. The van der Waals surface area contributed by atoms with E-state index in [1.54, 1.807) is 7.11 Å². The fraction of sp³-hybridized carbons (Fsp3) is 0.636. The summed E-state index contributed by atoms with van der Waals surface area (Å²) in [6.45, 7) is 4.36. The van der Waals surface area contributed by atoms with Crippen LogP contribution < -0.4 is 10.1 Å². The Morgan fingerprint density at radius 3 is 2.62 bits per heavy atom. The summed E-state index contributed by atoms with van der Waals surface area (Å²) in [5.41, 5.74) is 0.858. The Morgan fingerprint density at radius 2 is 1.93 bits per heavy atom. The number of likely N-dealkylation sites (tertiary alicyclic amines) is 3. The summed E-state index contributed by atoms with van der Waals surface area (Å²) in [5, 5.41) is 2.98. The number of urea groups is 1. The van der Waals surface area contributed by atoms with E-state index in [4.69, 9.17) is 4.74 Å². The van der Waals surface area contributed by atoms with Crippen molar-refractivity contribution in [2.75, 3.05) is 52.2 Å². The van der Waals surface area contributed by atoms with Crippen LogP contribution in [0.25, 0.3) is 0 Å². The van der Waals surface area contributed by atoms with Crippen molar-refractivity contribution in [3.63, 3.8) is 0 Å². The van der Waals surface area contributed by atoms with Gasteiger partial charge in [0.25, 0.3) is 0 Å². The Bertz CT molecular complexity index is 760. The van der Waals surface area contributed by atoms with E-state index in [9.17, 15) is 9.59 Å². The smallest absolute Gasteiger partial charge is 0.321 e. The quantitative estimate of drug-likeness (QED) is 0.847. The molecule has 0 aliphatic carbocycles. The molecule has 1 aromatic rings. The molecule has 3 aliphatic rings. The number of likely N-dealkylation sites (N-methyl/N-ethyl adjacent to an activating group) is 1. The van der Waals surface area contributed by atoms with E-state index < -0.39 is 0 Å². The monoisotopic (exact) mass is 400 g/mol. The molecule has 0 bridgehead atoms. The van der Waals surface area contributed by atoms with Gasteiger partial charge in [-0.25, -0.2) is 4.79 Å². The van der Waals surface area contributed by atoms with Crippen molar-refractivity contribution >= 4 is 17.6 Å². The van der Waals surface area contributed by atoms with Gasteiger partial charge >= 0.3 is 6.03 Å². The molecule has 0 radical (unpaired) electrons. The zero-order chi connectivity index (χ0) is 20.4. The average molecular weight is 401 g/mol. The number of hydrogen-bond donors (Lipinski definition) is 1. The second-order valence-electron chi connectivity index (χ2n) is 8.84. The topological polar surface area (TPSA) is 65.1 Å². The number of carbonyl (C=O) groups excluding carboxylic acids is 2. The molecule has 0 saturated carbocycles. The van der Waals surface area contributed by atoms with Crippen LogP contribution in [0.4, 0.5) is 10.5 Å². The summed E-state index contributed by atoms with van der Waals surface area (Å²) >= 11 is 0. The number of carbonyl (C=O) groups is 2. The van der Waals surface area contributed by atoms with Crippen molar-refractivity contribution in [1.82, 2.24) is 14.7 Å². The highest BCUT2D eigenvalue weighted by Crippen LogP contribution is 2.41. The second kappa shape index (κ2) is 8.22. The van der Waals surface area contributed by atoms with Gasteiger partial charge in [0.15, 0.2) is 0 Å². The fourth-order valence-electron chi connectivity index (χ4n) is 5.08. The largest absolute Gasteiger partial charge is 0.495 e. The molecular weight excluding hydrogens is 368 g/mol. The molecule has 0 aromatic heterocycles. The van der Waals surface area contributed by atoms with Crippen LogP contribution in [0.15, 0.2) is 24.3 Å². The van der Waals surface area contributed by atoms with Gasteiger partial charge in [0, 0.05) is 38.6 Å². The van der Waals surface area contributed by atoms with Gasteiger partial charge in [0.05, 0.1) is 12.8 Å². The normalized spacial score (nSPS) is 24.8. The Morgan fingerprint density at radius 1 is 1.17 bits per heavy atom. The molecule has 0 unspecified atom stereocenters. The van der Waals surface area contributed by atoms with E-state index in [1.165, 1.54) is 0 Å². The van der Waals surface area contributed by atoms with Gasteiger partial charge in [-0.1, -0.05) is 12.1 Å². The number of rotatable bonds is 3. The minimum Gasteiger partial charge on any atom is -0.495 e. The predicted octanol–water partition coefficient (Wildman–Crippen LogP) is 2.64. The van der Waals surface area contributed by atoms with E-state index in [1.807, 2.05) is 29.2 Å². The van der Waals surface area contributed by atoms with Crippen molar-refractivity contribution in [3.05, 3.63) is 24.3 Å². The number of methoxy groups -OCH3 is 1. The highest BCUT2D eigenvalue weighted by Gasteiger charge is 2.44. The van der Waals surface area contributed by atoms with Crippen LogP contribution >= 0.6 is 0 Å². The molecule has 1 N–H and O–H groups in total. The van der Waals surface area contributed by atoms with E-state index >= 15 is 0 Å². The Balaban J connectivity index is 1.36. The molecule has 29 heavy (non-hydrogen) atoms. The first kappa shape index (κ1) is 20.0. The molecule has 7 heteroatoms. The molecular formula is C22H32N4O3. The van der Waals surface area contributed by atoms with Crippen LogP contribution in [0.1, 0.15) is 32.1 Å². The average Bonchev–Trinajstić information content (AvgIpc) is 3.17. The van der Waals surface area contributed by atoms with E-state index in [0.717, 1.165) is 58.4 Å². The summed E-state index contributed by atoms with van der Waals surface area (Å²) in [7, 11) is 3.73. The lowest BCUT2D eigenvalue weighted by atomic mass is 9.72. The zero-order valence-electron chi connectivity index (χ0n) is 17.5. The van der Waals surface area contributed by atoms with Crippen LogP contribution in [0.3, 0.4) is 0 Å². The molecule has 1 atom stereocenters. The summed E-state index contributed by atoms with van der Waals surface area (Å²) in [5.74, 6) is 0.976. The first-order valence-electron chi connectivity index (χ1n) is 10.7. The van der Waals surface area contributed by atoms with Crippen LogP contribution in [0.2, 0.25) is 0 Å². The van der Waals surface area contributed by atoms with Gasteiger partial charge < -0.3 is 24.8 Å². The van der Waals surface area contributed by atoms with E-state index in [0.29, 0.717) is 29.8 Å². The maximum atomic E-state index is 12.8. The van der Waals surface area contributed by atoms with Crippen molar-refractivity contribution in [2.24, 2.45) is 5.41 Å². The number of piperidine rings is 2. The van der Waals surface area contributed by atoms with Crippen molar-refractivity contribution in [3.8, 4) is 5.75 Å². The molecule has 3 saturated heterocycles. The van der Waals surface area contributed by atoms with E-state index in [-0.39, 0.29) is 11.4 Å². The highest BCUT2D eigenvalue weighted by atomic mass is 16.5. The summed E-state index contributed by atoms with van der Waals surface area (Å²) in [4.78, 5) is 31.7. The molecule has 3 aliphatic heterocycles. The standard InChI is InChI=1S/C22H32N4O3/c1-24-12-8-17(15-24)26-16-22(9-7-20(26)27)10-13-25(14-11-22)21(28)23-18-5-3-4-6-19(18)29-2/h3-6,17H,7-16H2,1-2H3,(H,23,28)/t17-/m1/s1. The van der Waals surface area contributed by atoms with Crippen molar-refractivity contribution in [1.29, 1.82) is 0 Å². The van der Waals surface area contributed by atoms with Gasteiger partial charge in [-0.3, -0.25) is 4.79 Å². The molecule has 158 valence electrons. The third kappa shape index (κ3) is 4.20. The summed E-state index contributed by atoms with van der Waals surface area (Å²) in [6.07, 6.45) is 4.59. The number of para-hydroxylation sites is 2. The molecule has 3 heterocycles. The molecule has 1 spiro atoms. The third-order valence-electron chi connectivity index (χ3n) is 6.96. The zero-order valence-corrected chi connectivity index (χ0v) is 17.5. The number of nitrogens with one attached hydrogen (secondary N) is 1. The van der Waals surface area contributed by atoms with Crippen LogP contribution in [-0.4, -0.2) is 79.6 Å². The molecule has 4 rings (SSSR count). The second-order valence-corrected chi connectivity index (χ2v) is 8.84. The maximum absolute atomic E-state index is 12.8. The number of hydrogen-bond acceptors (Lipinski definition) is 4. The Labute approximate surface area is 173 Å². The first-order valence-corrected chi connectivity index (χ1v) is 10.7. The molecule has 3 fully saturated rings. The molecule has 1 aromatic carbocycles. The van der Waals surface area contributed by atoms with Gasteiger partial charge in [0.2, 0.25) is 5.91 Å². The Hall–Kier alpha value is -2.28. The van der Waals surface area contributed by atoms with Crippen molar-refractivity contribution < 1.29 is 14.3 Å². The number of ether oxygens (including phenoxy) is 1. The SMILES string of the molecule is COc1ccccc1NC(=O)N1CCC2(CCC(=O)N([C@@H]3CCN(C)C3)C2)CC1. The number of benzene rings is 1. The van der Waals surface area contributed by atoms with Crippen LogP contribution in [0.5, 0.6) is 5.75 Å². The maximum Gasteiger partial charge on any atom is 0.321 e.